The molecule has 0 spiro atoms. The molecule has 10 heavy (non-hydrogen) atoms. The zero-order valence-electron chi connectivity index (χ0n) is 4.91. The number of rotatable bonds is 1. The van der Waals surface area contributed by atoms with E-state index in [-0.39, 0.29) is 0 Å². The van der Waals surface area contributed by atoms with Crippen molar-refractivity contribution in [3.63, 3.8) is 0 Å². The minimum absolute atomic E-state index is 1.21. The zero-order valence-corrected chi connectivity index (χ0v) is 5.67. The highest BCUT2D eigenvalue weighted by atomic mass is 35.5. The monoisotopic (exact) mass is 160 g/mol. The van der Waals surface area contributed by atoms with Gasteiger partial charge in [0.2, 0.25) is 0 Å². The Hall–Kier alpha value is -1.03. The van der Waals surface area contributed by atoms with E-state index < -0.39 is 11.1 Å². The molecular formula is C5H5ClN2O2. The molecular weight excluding hydrogens is 156 g/mol. The summed E-state index contributed by atoms with van der Waals surface area (Å²) in [5.41, 5.74) is 0. The van der Waals surface area contributed by atoms with Gasteiger partial charge in [-0.15, -0.1) is 0 Å². The molecule has 54 valence electrons. The number of aliphatic carboxylic acids is 1. The van der Waals surface area contributed by atoms with Crippen LogP contribution in [-0.4, -0.2) is 22.4 Å². The number of hydrogen-bond acceptors (Lipinski definition) is 3. The second-order valence-electron chi connectivity index (χ2n) is 1.71. The number of carbonyl (C=O) groups is 1. The van der Waals surface area contributed by atoms with Crippen LogP contribution in [-0.2, 0) is 4.79 Å². The first-order valence-electron chi connectivity index (χ1n) is 2.55. The summed E-state index contributed by atoms with van der Waals surface area (Å²) in [6.45, 7) is 0. The van der Waals surface area contributed by atoms with E-state index in [1.165, 1.54) is 12.4 Å². The lowest BCUT2D eigenvalue weighted by molar-refractivity contribution is -0.140. The second-order valence-corrected chi connectivity index (χ2v) is 2.26. The SMILES string of the molecule is O=C(O)C1(Cl)N=CC=CN1. The minimum atomic E-state index is -1.70. The summed E-state index contributed by atoms with van der Waals surface area (Å²) in [6, 6.07) is 0. The van der Waals surface area contributed by atoms with Gasteiger partial charge in [0, 0.05) is 12.4 Å². The highest BCUT2D eigenvalue weighted by Gasteiger charge is 2.34. The molecule has 0 radical (unpaired) electrons. The average Bonchev–Trinajstić information content (AvgIpc) is 1.89. The molecule has 0 aromatic heterocycles. The molecule has 1 atom stereocenters. The quantitative estimate of drug-likeness (QED) is 0.424. The van der Waals surface area contributed by atoms with Gasteiger partial charge in [0.1, 0.15) is 0 Å². The van der Waals surface area contributed by atoms with Crippen LogP contribution in [0.5, 0.6) is 0 Å². The molecule has 2 N–H and O–H groups in total. The van der Waals surface area contributed by atoms with Crippen molar-refractivity contribution < 1.29 is 9.90 Å². The van der Waals surface area contributed by atoms with E-state index in [9.17, 15) is 4.79 Å². The van der Waals surface area contributed by atoms with Crippen molar-refractivity contribution in [2.24, 2.45) is 4.99 Å². The first kappa shape index (κ1) is 7.08. The van der Waals surface area contributed by atoms with Crippen molar-refractivity contribution in [3.05, 3.63) is 12.3 Å². The summed E-state index contributed by atoms with van der Waals surface area (Å²) < 4.78 is 0. The number of nitrogens with zero attached hydrogens (tertiary/aromatic N) is 1. The summed E-state index contributed by atoms with van der Waals surface area (Å²) in [5, 5.41) is 9.14. The van der Waals surface area contributed by atoms with E-state index in [1.807, 2.05) is 0 Å². The number of alkyl halides is 1. The summed E-state index contributed by atoms with van der Waals surface area (Å²) in [4.78, 5) is 13.8. The van der Waals surface area contributed by atoms with Crippen LogP contribution < -0.4 is 5.32 Å². The van der Waals surface area contributed by atoms with Crippen molar-refractivity contribution >= 4 is 23.8 Å². The number of halogens is 1. The van der Waals surface area contributed by atoms with Crippen LogP contribution in [0.15, 0.2) is 17.3 Å². The predicted molar refractivity (Wildman–Crippen MR) is 37.0 cm³/mol. The van der Waals surface area contributed by atoms with Crippen molar-refractivity contribution in [2.75, 3.05) is 0 Å². The van der Waals surface area contributed by atoms with E-state index in [0.29, 0.717) is 0 Å². The highest BCUT2D eigenvalue weighted by Crippen LogP contribution is 2.14. The maximum Gasteiger partial charge on any atom is 0.369 e. The third-order valence-electron chi connectivity index (χ3n) is 0.993. The van der Waals surface area contributed by atoms with Crippen LogP contribution in [0.3, 0.4) is 0 Å². The van der Waals surface area contributed by atoms with Gasteiger partial charge < -0.3 is 10.4 Å². The molecule has 0 aromatic carbocycles. The Balaban J connectivity index is 2.80. The fourth-order valence-electron chi connectivity index (χ4n) is 0.502. The van der Waals surface area contributed by atoms with Gasteiger partial charge in [0.05, 0.1) is 0 Å². The van der Waals surface area contributed by atoms with E-state index in [1.54, 1.807) is 6.08 Å². The molecule has 0 amide bonds. The first-order valence-corrected chi connectivity index (χ1v) is 2.93. The molecule has 0 aromatic rings. The summed E-state index contributed by atoms with van der Waals surface area (Å²) in [5.74, 6) is -1.21. The van der Waals surface area contributed by atoms with Gasteiger partial charge in [-0.3, -0.25) is 0 Å². The molecule has 5 heteroatoms. The number of carboxylic acid groups (broad SMARTS) is 1. The van der Waals surface area contributed by atoms with Crippen LogP contribution in [0.4, 0.5) is 0 Å². The van der Waals surface area contributed by atoms with E-state index in [4.69, 9.17) is 16.7 Å². The maximum absolute atomic E-state index is 10.3. The zero-order chi connectivity index (χ0) is 7.61. The third kappa shape index (κ3) is 1.11. The minimum Gasteiger partial charge on any atom is -0.477 e. The summed E-state index contributed by atoms with van der Waals surface area (Å²) in [7, 11) is 0. The Morgan fingerprint density at radius 3 is 2.80 bits per heavy atom. The van der Waals surface area contributed by atoms with Gasteiger partial charge in [-0.2, -0.15) is 0 Å². The van der Waals surface area contributed by atoms with Gasteiger partial charge in [-0.25, -0.2) is 9.79 Å². The van der Waals surface area contributed by atoms with Crippen LogP contribution in [0, 0.1) is 0 Å². The van der Waals surface area contributed by atoms with Gasteiger partial charge in [-0.05, 0) is 6.08 Å². The highest BCUT2D eigenvalue weighted by molar-refractivity contribution is 6.33. The average molecular weight is 161 g/mol. The molecule has 1 unspecified atom stereocenters. The molecule has 0 aliphatic carbocycles. The van der Waals surface area contributed by atoms with Crippen molar-refractivity contribution in [1.82, 2.24) is 5.32 Å². The largest absolute Gasteiger partial charge is 0.477 e. The maximum atomic E-state index is 10.3. The number of allylic oxidation sites excluding steroid dienone is 1. The Bertz CT molecular complexity index is 214. The molecule has 0 fully saturated rings. The lowest BCUT2D eigenvalue weighted by Gasteiger charge is -2.18. The topological polar surface area (TPSA) is 61.7 Å². The van der Waals surface area contributed by atoms with Crippen molar-refractivity contribution in [2.45, 2.75) is 5.12 Å². The van der Waals surface area contributed by atoms with Crippen LogP contribution in [0.2, 0.25) is 0 Å². The molecule has 4 nitrogen and oxygen atoms in total. The Kier molecular flexibility index (Phi) is 1.63. The fourth-order valence-corrected chi connectivity index (χ4v) is 0.621. The predicted octanol–water partition coefficient (Wildman–Crippen LogP) is 0.151. The van der Waals surface area contributed by atoms with Gasteiger partial charge >= 0.3 is 11.1 Å². The fraction of sp³-hybridized carbons (Fsp3) is 0.200. The number of aliphatic imine (C=N–C) groups is 1. The molecule has 1 heterocycles. The second kappa shape index (κ2) is 2.30. The normalized spacial score (nSPS) is 29.7. The molecule has 0 saturated carbocycles. The van der Waals surface area contributed by atoms with E-state index in [2.05, 4.69) is 10.3 Å². The Morgan fingerprint density at radius 1 is 1.80 bits per heavy atom. The Labute approximate surface area is 62.2 Å². The smallest absolute Gasteiger partial charge is 0.369 e. The van der Waals surface area contributed by atoms with Crippen molar-refractivity contribution in [1.29, 1.82) is 0 Å². The number of nitrogens with one attached hydrogen (secondary N) is 1. The molecule has 1 aliphatic rings. The summed E-state index contributed by atoms with van der Waals surface area (Å²) in [6.07, 6.45) is 4.31. The van der Waals surface area contributed by atoms with Crippen LogP contribution >= 0.6 is 11.6 Å². The molecule has 1 aliphatic heterocycles. The van der Waals surface area contributed by atoms with E-state index in [0.717, 1.165) is 0 Å². The van der Waals surface area contributed by atoms with E-state index >= 15 is 0 Å². The van der Waals surface area contributed by atoms with Gasteiger partial charge in [-0.1, -0.05) is 11.6 Å². The number of carboxylic acids is 1. The lowest BCUT2D eigenvalue weighted by Crippen LogP contribution is -2.43. The van der Waals surface area contributed by atoms with Crippen LogP contribution in [0.25, 0.3) is 0 Å². The first-order chi connectivity index (χ1) is 4.65. The number of hydrogen-bond donors (Lipinski definition) is 2. The molecule has 0 saturated heterocycles. The third-order valence-corrected chi connectivity index (χ3v) is 1.36. The Morgan fingerprint density at radius 2 is 2.50 bits per heavy atom. The van der Waals surface area contributed by atoms with Gasteiger partial charge in [0.15, 0.2) is 0 Å². The van der Waals surface area contributed by atoms with Crippen molar-refractivity contribution in [3.8, 4) is 0 Å². The van der Waals surface area contributed by atoms with Crippen LogP contribution in [0.1, 0.15) is 0 Å². The standard InChI is InChI=1S/C5H5ClN2O2/c6-5(4(9)10)7-2-1-3-8-5/h1-3,7H,(H,9,10). The molecule has 1 rings (SSSR count). The molecule has 0 bridgehead atoms. The summed E-state index contributed by atoms with van der Waals surface area (Å²) >= 11 is 5.45. The lowest BCUT2D eigenvalue weighted by atomic mass is 10.4. The van der Waals surface area contributed by atoms with Gasteiger partial charge in [0.25, 0.3) is 0 Å².